The quantitative estimate of drug-likeness (QED) is 0.558. The van der Waals surface area contributed by atoms with Gasteiger partial charge in [-0.2, -0.15) is 0 Å². The third kappa shape index (κ3) is 5.64. The summed E-state index contributed by atoms with van der Waals surface area (Å²) in [6.07, 6.45) is 11.6. The molecule has 0 spiro atoms. The largest absolute Gasteiger partial charge is 0.370 e. The fraction of sp³-hybridized carbons (Fsp3) is 0.929. The number of rotatable bonds is 9. The lowest BCUT2D eigenvalue weighted by Crippen LogP contribution is -2.18. The number of Topliss-reactive ketones (excluding diaryl/α,β-unsaturated/α-hetero) is 1. The predicted molar refractivity (Wildman–Crippen MR) is 66.6 cm³/mol. The Morgan fingerprint density at radius 1 is 1.12 bits per heavy atom. The molecule has 0 aromatic heterocycles. The number of ketones is 1. The highest BCUT2D eigenvalue weighted by atomic mass is 16.5. The van der Waals surface area contributed by atoms with E-state index in [1.807, 2.05) is 0 Å². The van der Waals surface area contributed by atoms with E-state index < -0.39 is 0 Å². The summed E-state index contributed by atoms with van der Waals surface area (Å²) < 4.78 is 5.38. The Morgan fingerprint density at radius 3 is 2.44 bits per heavy atom. The molecule has 0 amide bonds. The molecule has 0 radical (unpaired) electrons. The Balaban J connectivity index is 1.88. The fourth-order valence-corrected chi connectivity index (χ4v) is 2.25. The van der Waals surface area contributed by atoms with Gasteiger partial charge < -0.3 is 4.74 Å². The van der Waals surface area contributed by atoms with Gasteiger partial charge in [-0.25, -0.2) is 0 Å². The molecular weight excluding hydrogens is 200 g/mol. The first-order valence-electron chi connectivity index (χ1n) is 6.99. The fourth-order valence-electron chi connectivity index (χ4n) is 2.25. The lowest BCUT2D eigenvalue weighted by molar-refractivity contribution is -0.127. The second-order valence-electron chi connectivity index (χ2n) is 4.84. The first-order valence-corrected chi connectivity index (χ1v) is 6.99. The van der Waals surface area contributed by atoms with Crippen molar-refractivity contribution < 1.29 is 9.53 Å². The topological polar surface area (TPSA) is 26.3 Å². The molecule has 0 aromatic carbocycles. The zero-order valence-electron chi connectivity index (χ0n) is 10.7. The van der Waals surface area contributed by atoms with Gasteiger partial charge in [0.05, 0.1) is 0 Å². The van der Waals surface area contributed by atoms with Crippen molar-refractivity contribution in [2.24, 2.45) is 0 Å². The van der Waals surface area contributed by atoms with E-state index in [9.17, 15) is 4.79 Å². The van der Waals surface area contributed by atoms with Crippen molar-refractivity contribution in [1.82, 2.24) is 0 Å². The SMILES string of the molecule is CCCCCCCCCC(=O)C1CCCO1. The Bertz CT molecular complexity index is 183. The molecule has 1 saturated heterocycles. The van der Waals surface area contributed by atoms with Crippen LogP contribution in [0.25, 0.3) is 0 Å². The van der Waals surface area contributed by atoms with Crippen molar-refractivity contribution in [3.8, 4) is 0 Å². The molecule has 16 heavy (non-hydrogen) atoms. The second-order valence-corrected chi connectivity index (χ2v) is 4.84. The molecule has 1 aliphatic heterocycles. The van der Waals surface area contributed by atoms with E-state index in [1.165, 1.54) is 38.5 Å². The molecule has 1 heterocycles. The molecule has 1 fully saturated rings. The van der Waals surface area contributed by atoms with Crippen molar-refractivity contribution in [3.63, 3.8) is 0 Å². The van der Waals surface area contributed by atoms with Crippen LogP contribution in [0, 0.1) is 0 Å². The summed E-state index contributed by atoms with van der Waals surface area (Å²) in [4.78, 5) is 11.7. The second kappa shape index (κ2) is 8.74. The Hall–Kier alpha value is -0.370. The maximum atomic E-state index is 11.7. The standard InChI is InChI=1S/C14H26O2/c1-2-3-4-5-6-7-8-10-13(15)14-11-9-12-16-14/h14H,2-12H2,1H3. The molecular formula is C14H26O2. The van der Waals surface area contributed by atoms with Gasteiger partial charge >= 0.3 is 0 Å². The van der Waals surface area contributed by atoms with E-state index in [4.69, 9.17) is 4.74 Å². The average Bonchev–Trinajstić information content (AvgIpc) is 2.81. The van der Waals surface area contributed by atoms with E-state index in [-0.39, 0.29) is 6.10 Å². The zero-order chi connectivity index (χ0) is 11.6. The summed E-state index contributed by atoms with van der Waals surface area (Å²) in [5, 5.41) is 0. The predicted octanol–water partition coefficient (Wildman–Crippen LogP) is 3.88. The van der Waals surface area contributed by atoms with Crippen molar-refractivity contribution >= 4 is 5.78 Å². The first-order chi connectivity index (χ1) is 7.84. The number of ether oxygens (including phenoxy) is 1. The monoisotopic (exact) mass is 226 g/mol. The van der Waals surface area contributed by atoms with E-state index >= 15 is 0 Å². The van der Waals surface area contributed by atoms with Crippen LogP contribution < -0.4 is 0 Å². The van der Waals surface area contributed by atoms with Gasteiger partial charge in [0.2, 0.25) is 0 Å². The van der Waals surface area contributed by atoms with Gasteiger partial charge in [0.1, 0.15) is 6.10 Å². The van der Waals surface area contributed by atoms with E-state index in [2.05, 4.69) is 6.92 Å². The Kier molecular flexibility index (Phi) is 7.48. The number of unbranched alkanes of at least 4 members (excludes halogenated alkanes) is 6. The highest BCUT2D eigenvalue weighted by Gasteiger charge is 2.22. The Labute approximate surface area is 99.8 Å². The van der Waals surface area contributed by atoms with E-state index in [0.717, 1.165) is 32.3 Å². The first kappa shape index (κ1) is 13.7. The molecule has 1 rings (SSSR count). The molecule has 0 saturated carbocycles. The number of hydrogen-bond donors (Lipinski definition) is 0. The average molecular weight is 226 g/mol. The molecule has 0 bridgehead atoms. The number of hydrogen-bond acceptors (Lipinski definition) is 2. The van der Waals surface area contributed by atoms with Crippen LogP contribution in [-0.2, 0) is 9.53 Å². The smallest absolute Gasteiger partial charge is 0.161 e. The van der Waals surface area contributed by atoms with Crippen LogP contribution in [0.1, 0.15) is 71.1 Å². The lowest BCUT2D eigenvalue weighted by atomic mass is 10.0. The van der Waals surface area contributed by atoms with Gasteiger partial charge in [-0.15, -0.1) is 0 Å². The molecule has 1 unspecified atom stereocenters. The van der Waals surface area contributed by atoms with Crippen molar-refractivity contribution in [2.75, 3.05) is 6.61 Å². The van der Waals surface area contributed by atoms with Crippen LogP contribution in [0.15, 0.2) is 0 Å². The van der Waals surface area contributed by atoms with E-state index in [1.54, 1.807) is 0 Å². The van der Waals surface area contributed by atoms with Gasteiger partial charge in [0.25, 0.3) is 0 Å². The number of carbonyl (C=O) groups excluding carboxylic acids is 1. The van der Waals surface area contributed by atoms with Gasteiger partial charge in [0.15, 0.2) is 5.78 Å². The maximum absolute atomic E-state index is 11.7. The molecule has 1 aliphatic rings. The minimum atomic E-state index is -0.0555. The highest BCUT2D eigenvalue weighted by molar-refractivity contribution is 5.83. The Morgan fingerprint density at radius 2 is 1.81 bits per heavy atom. The van der Waals surface area contributed by atoms with Gasteiger partial charge in [0, 0.05) is 13.0 Å². The lowest BCUT2D eigenvalue weighted by Gasteiger charge is -2.07. The highest BCUT2D eigenvalue weighted by Crippen LogP contribution is 2.16. The van der Waals surface area contributed by atoms with Crippen LogP contribution >= 0.6 is 0 Å². The molecule has 0 aromatic rings. The molecule has 2 nitrogen and oxygen atoms in total. The van der Waals surface area contributed by atoms with E-state index in [0.29, 0.717) is 5.78 Å². The van der Waals surface area contributed by atoms with Crippen molar-refractivity contribution in [1.29, 1.82) is 0 Å². The summed E-state index contributed by atoms with van der Waals surface area (Å²) in [6, 6.07) is 0. The summed E-state index contributed by atoms with van der Waals surface area (Å²) in [5.41, 5.74) is 0. The molecule has 94 valence electrons. The van der Waals surface area contributed by atoms with Gasteiger partial charge in [-0.05, 0) is 19.3 Å². The molecule has 2 heteroatoms. The summed E-state index contributed by atoms with van der Waals surface area (Å²) in [7, 11) is 0. The minimum absolute atomic E-state index is 0.0555. The molecule has 0 N–H and O–H groups in total. The zero-order valence-corrected chi connectivity index (χ0v) is 10.7. The molecule has 1 atom stereocenters. The summed E-state index contributed by atoms with van der Waals surface area (Å²) in [6.45, 7) is 3.02. The third-order valence-corrected chi connectivity index (χ3v) is 3.32. The normalized spacial score (nSPS) is 20.2. The van der Waals surface area contributed by atoms with Gasteiger partial charge in [-0.1, -0.05) is 45.4 Å². The molecule has 0 aliphatic carbocycles. The van der Waals surface area contributed by atoms with Crippen LogP contribution in [0.2, 0.25) is 0 Å². The maximum Gasteiger partial charge on any atom is 0.161 e. The third-order valence-electron chi connectivity index (χ3n) is 3.32. The van der Waals surface area contributed by atoms with Gasteiger partial charge in [-0.3, -0.25) is 4.79 Å². The van der Waals surface area contributed by atoms with Crippen molar-refractivity contribution in [3.05, 3.63) is 0 Å². The minimum Gasteiger partial charge on any atom is -0.370 e. The number of carbonyl (C=O) groups is 1. The van der Waals surface area contributed by atoms with Crippen LogP contribution in [0.5, 0.6) is 0 Å². The summed E-state index contributed by atoms with van der Waals surface area (Å²) in [5.74, 6) is 0.339. The van der Waals surface area contributed by atoms with Crippen LogP contribution in [0.3, 0.4) is 0 Å². The van der Waals surface area contributed by atoms with Crippen LogP contribution in [-0.4, -0.2) is 18.5 Å². The van der Waals surface area contributed by atoms with Crippen LogP contribution in [0.4, 0.5) is 0 Å². The van der Waals surface area contributed by atoms with Crippen molar-refractivity contribution in [2.45, 2.75) is 77.2 Å². The summed E-state index contributed by atoms with van der Waals surface area (Å²) >= 11 is 0.